The first-order chi connectivity index (χ1) is 41.2. The van der Waals surface area contributed by atoms with Crippen molar-refractivity contribution < 1.29 is 57.2 Å². The number of amides is 2. The van der Waals surface area contributed by atoms with Gasteiger partial charge in [-0.05, 0) is 39.6 Å². The van der Waals surface area contributed by atoms with Crippen molar-refractivity contribution in [2.75, 3.05) is 24.0 Å². The molecular formula is C66H55IN10O6S2. The number of oxime groups is 1. The van der Waals surface area contributed by atoms with E-state index in [1.807, 2.05) is 187 Å². The van der Waals surface area contributed by atoms with Crippen molar-refractivity contribution in [3.8, 4) is 17.0 Å². The SMILES string of the molecule is COc1ccc(COC(=O)C2=C(C[n+]3ccc(-c4cn(N)nn4)cc3)CS[C@H]3[C@H](NC(=O)C(=NOC(c4ccccc4)(c4ccccc4)c4ccccc4)c4csc(NC(c5ccccc5)(c5ccccc5)c5ccccc5)n4)C(=O)N23)cc1.[I-]. The molecule has 19 heteroatoms. The average molecular weight is 1280 g/mol. The van der Waals surface area contributed by atoms with Crippen LogP contribution in [-0.4, -0.2) is 72.8 Å². The third-order valence-corrected chi connectivity index (χ3v) is 16.9. The summed E-state index contributed by atoms with van der Waals surface area (Å²) in [5.41, 5.74) is 5.63. The number of nitrogens with two attached hydrogens (primary N) is 1. The summed E-state index contributed by atoms with van der Waals surface area (Å²) in [4.78, 5) is 59.7. The van der Waals surface area contributed by atoms with Gasteiger partial charge in [-0.25, -0.2) is 14.3 Å². The summed E-state index contributed by atoms with van der Waals surface area (Å²) in [7, 11) is 1.58. The molecule has 1 fully saturated rings. The van der Waals surface area contributed by atoms with Crippen molar-refractivity contribution in [3.63, 3.8) is 0 Å². The average Bonchev–Trinajstić information content (AvgIpc) is 3.52. The molecule has 4 N–H and O–H groups in total. The van der Waals surface area contributed by atoms with Crippen LogP contribution in [0.5, 0.6) is 5.75 Å². The number of ether oxygens (including phenoxy) is 2. The minimum atomic E-state index is -1.39. The lowest BCUT2D eigenvalue weighted by Crippen LogP contribution is -3.00. The molecule has 85 heavy (non-hydrogen) atoms. The highest BCUT2D eigenvalue weighted by molar-refractivity contribution is 8.00. The number of esters is 1. The number of rotatable bonds is 20. The van der Waals surface area contributed by atoms with Gasteiger partial charge in [-0.3, -0.25) is 14.5 Å². The smallest absolute Gasteiger partial charge is 0.355 e. The number of carbonyl (C=O) groups is 3. The predicted octanol–water partition coefficient (Wildman–Crippen LogP) is 6.63. The Bertz CT molecular complexity index is 3800. The van der Waals surface area contributed by atoms with E-state index in [2.05, 4.69) is 57.3 Å². The van der Waals surface area contributed by atoms with Gasteiger partial charge in [0.25, 0.3) is 11.8 Å². The number of nitrogen functional groups attached to an aromatic ring is 1. The Morgan fingerprint density at radius 1 is 0.718 bits per heavy atom. The number of anilines is 1. The zero-order chi connectivity index (χ0) is 57.5. The van der Waals surface area contributed by atoms with Crippen molar-refractivity contribution in [1.29, 1.82) is 0 Å². The Balaban J connectivity index is 0.00000752. The van der Waals surface area contributed by atoms with E-state index >= 15 is 4.79 Å². The van der Waals surface area contributed by atoms with Crippen LogP contribution in [0.2, 0.25) is 0 Å². The lowest BCUT2D eigenvalue weighted by atomic mass is 9.77. The molecule has 2 amide bonds. The Morgan fingerprint density at radius 3 is 1.73 bits per heavy atom. The number of halogens is 1. The maximum absolute atomic E-state index is 15.5. The number of fused-ring (bicyclic) bond motifs is 1. The molecule has 10 aromatic rings. The Morgan fingerprint density at radius 2 is 1.24 bits per heavy atom. The van der Waals surface area contributed by atoms with Gasteiger partial charge in [-0.2, -0.15) is 4.79 Å². The van der Waals surface area contributed by atoms with Crippen LogP contribution in [0.1, 0.15) is 44.6 Å². The topological polar surface area (TPSA) is 192 Å². The Labute approximate surface area is 516 Å². The van der Waals surface area contributed by atoms with E-state index < -0.39 is 40.3 Å². The molecule has 2 aliphatic rings. The number of β-lactam (4-membered cyclic amide) rings is 1. The second-order valence-electron chi connectivity index (χ2n) is 19.9. The van der Waals surface area contributed by atoms with Crippen molar-refractivity contribution in [3.05, 3.63) is 298 Å². The lowest BCUT2D eigenvalue weighted by Gasteiger charge is -2.49. The van der Waals surface area contributed by atoms with Crippen LogP contribution in [-0.2, 0) is 48.2 Å². The summed E-state index contributed by atoms with van der Waals surface area (Å²) < 4.78 is 13.2. The van der Waals surface area contributed by atoms with E-state index in [1.165, 1.54) is 28.0 Å². The number of aromatic nitrogens is 5. The molecule has 424 valence electrons. The molecule has 2 aliphatic heterocycles. The van der Waals surface area contributed by atoms with Gasteiger partial charge >= 0.3 is 5.97 Å². The van der Waals surface area contributed by atoms with Crippen molar-refractivity contribution in [2.24, 2.45) is 5.16 Å². The van der Waals surface area contributed by atoms with Crippen LogP contribution in [0, 0.1) is 0 Å². The monoisotopic (exact) mass is 1270 g/mol. The number of carbonyl (C=O) groups excluding carboxylic acids is 3. The number of thiazole rings is 1. The molecule has 3 aromatic heterocycles. The van der Waals surface area contributed by atoms with Crippen LogP contribution < -0.4 is 49.8 Å². The highest BCUT2D eigenvalue weighted by atomic mass is 127. The second-order valence-corrected chi connectivity index (χ2v) is 21.9. The molecule has 16 nitrogen and oxygen atoms in total. The third kappa shape index (κ3) is 11.7. The number of hydrogen-bond acceptors (Lipinski definition) is 14. The maximum atomic E-state index is 15.5. The first-order valence-corrected chi connectivity index (χ1v) is 28.9. The summed E-state index contributed by atoms with van der Waals surface area (Å²) in [6, 6.07) is 69.4. The van der Waals surface area contributed by atoms with Crippen LogP contribution in [0.3, 0.4) is 0 Å². The zero-order valence-corrected chi connectivity index (χ0v) is 49.5. The van der Waals surface area contributed by atoms with E-state index in [-0.39, 0.29) is 54.2 Å². The number of hydrogen-bond donors (Lipinski definition) is 3. The molecule has 0 aliphatic carbocycles. The van der Waals surface area contributed by atoms with Gasteiger partial charge in [0.1, 0.15) is 46.4 Å². The largest absolute Gasteiger partial charge is 1.00 e. The predicted molar refractivity (Wildman–Crippen MR) is 322 cm³/mol. The summed E-state index contributed by atoms with van der Waals surface area (Å²) in [6.45, 7) is 0.185. The minimum Gasteiger partial charge on any atom is -1.00 e. The summed E-state index contributed by atoms with van der Waals surface area (Å²) in [5.74, 6) is 4.84. The number of thioether (sulfide) groups is 1. The van der Waals surface area contributed by atoms with Crippen molar-refractivity contribution in [1.82, 2.24) is 30.3 Å². The molecule has 0 bridgehead atoms. The molecule has 0 saturated carbocycles. The van der Waals surface area contributed by atoms with E-state index in [4.69, 9.17) is 30.3 Å². The summed E-state index contributed by atoms with van der Waals surface area (Å²) in [5, 5.41) is 21.3. The molecular weight excluding hydrogens is 1220 g/mol. The van der Waals surface area contributed by atoms with Gasteiger partial charge < -0.3 is 54.8 Å². The number of nitrogens with zero attached hydrogens (tertiary/aromatic N) is 7. The fourth-order valence-electron chi connectivity index (χ4n) is 10.7. The van der Waals surface area contributed by atoms with Gasteiger partial charge in [0.05, 0.1) is 13.3 Å². The quantitative estimate of drug-likeness (QED) is 0.0108. The lowest BCUT2D eigenvalue weighted by molar-refractivity contribution is -0.689. The maximum Gasteiger partial charge on any atom is 0.355 e. The zero-order valence-electron chi connectivity index (χ0n) is 45.7. The third-order valence-electron chi connectivity index (χ3n) is 14.8. The van der Waals surface area contributed by atoms with E-state index in [1.54, 1.807) is 30.8 Å². The van der Waals surface area contributed by atoms with E-state index in [0.29, 0.717) is 27.9 Å². The number of benzene rings is 7. The van der Waals surface area contributed by atoms with E-state index in [0.717, 1.165) is 49.3 Å². The molecule has 0 radical (unpaired) electrons. The van der Waals surface area contributed by atoms with Crippen LogP contribution in [0.4, 0.5) is 5.13 Å². The first kappa shape index (κ1) is 57.4. The van der Waals surface area contributed by atoms with Gasteiger partial charge in [-0.15, -0.1) is 28.2 Å². The van der Waals surface area contributed by atoms with E-state index in [9.17, 15) is 9.59 Å². The number of nitrogens with one attached hydrogen (secondary N) is 2. The number of methoxy groups -OCH3 is 1. The minimum absolute atomic E-state index is 0. The van der Waals surface area contributed by atoms with Gasteiger partial charge in [0, 0.05) is 51.1 Å². The Hall–Kier alpha value is -9.44. The summed E-state index contributed by atoms with van der Waals surface area (Å²) >= 11 is 2.73. The molecule has 0 spiro atoms. The molecule has 1 saturated heterocycles. The fraction of sp³-hybridized carbons (Fsp3) is 0.121. The van der Waals surface area contributed by atoms with Gasteiger partial charge in [0.2, 0.25) is 5.60 Å². The standard InChI is InChI=1S/C66H54N10O6S2.HI/c1-80-54-34-32-45(33-35-54)42-81-63(79)59-47(40-74-38-36-46(37-39-74)55-41-75(67)73-71-55)43-83-62-58(61(78)76(59)62)69-60(77)57(72-82-66(51-26-14-5-15-27-51,52-28-16-6-17-29-52)53-30-18-7-19-31-53)56-44-84-64(68-56)70-65(48-20-8-2-9-21-48,49-22-10-3-11-23-49)50-24-12-4-13-25-50;/h2-39,41,44,58,62H,40,42-43,67H2,1H3,(H-,68,69,70,77);1H/t58-,62+;/m1./s1. The molecule has 7 aromatic carbocycles. The fourth-order valence-corrected chi connectivity index (χ4v) is 12.8. The molecule has 0 unspecified atom stereocenters. The second kappa shape index (κ2) is 25.6. The Kier molecular flexibility index (Phi) is 17.3. The van der Waals surface area contributed by atoms with Crippen LogP contribution >= 0.6 is 23.1 Å². The van der Waals surface area contributed by atoms with Gasteiger partial charge in [0.15, 0.2) is 29.8 Å². The van der Waals surface area contributed by atoms with Crippen molar-refractivity contribution >= 4 is 51.7 Å². The molecule has 5 heterocycles. The highest BCUT2D eigenvalue weighted by Crippen LogP contribution is 2.44. The van der Waals surface area contributed by atoms with Crippen LogP contribution in [0.15, 0.2) is 259 Å². The first-order valence-electron chi connectivity index (χ1n) is 27.0. The normalized spacial score (nSPS) is 15.0. The van der Waals surface area contributed by atoms with Gasteiger partial charge in [-0.1, -0.05) is 199 Å². The number of pyridine rings is 1. The van der Waals surface area contributed by atoms with Crippen LogP contribution in [0.25, 0.3) is 11.3 Å². The molecule has 2 atom stereocenters. The highest BCUT2D eigenvalue weighted by Gasteiger charge is 2.55. The molecule has 12 rings (SSSR count). The summed E-state index contributed by atoms with van der Waals surface area (Å²) in [6.07, 6.45) is 5.31. The van der Waals surface area contributed by atoms with Crippen molar-refractivity contribution in [2.45, 2.75) is 35.7 Å².